The molecule has 0 aromatic rings. The molecular weight excluding hydrogens is 797 g/mol. The number of rotatable bonds is 19. The van der Waals surface area contributed by atoms with E-state index in [2.05, 4.69) is 70.4 Å². The first-order valence-corrected chi connectivity index (χ1v) is 24.7. The standard InChI is InChI=1S/C51H88N4O8/c1-13-37(35(2)3)19-18-36(4)41-22-23-42-40-21-20-38-34-39(24-26-50(38,11)43(40)25-27-51(41,42)12)61-47(60)55(33-17-29-53-45(57)63-49(8,9)10)31-15-14-30-54(46(58)59)32-16-28-52-44(56)62-48(5,6)7/h18-20,35-37,39-43H,13-17,21-34H2,1-12H3,(H,52,56)(H,53,57)(H,58,59)/b19-18+/t36?,37?,39-,40-,41+,42-,43-,50-,51+/m0/s1. The maximum absolute atomic E-state index is 13.9. The predicted octanol–water partition coefficient (Wildman–Crippen LogP) is 11.8. The number of hydrogen-bond donors (Lipinski definition) is 3. The number of fused-ring (bicyclic) bond motifs is 5. The van der Waals surface area contributed by atoms with Crippen molar-refractivity contribution in [2.45, 2.75) is 184 Å². The van der Waals surface area contributed by atoms with Crippen LogP contribution in [0.1, 0.15) is 167 Å². The monoisotopic (exact) mass is 885 g/mol. The number of hydrogen-bond acceptors (Lipinski definition) is 7. The summed E-state index contributed by atoms with van der Waals surface area (Å²) in [7, 11) is 0. The van der Waals surface area contributed by atoms with E-state index in [9.17, 15) is 24.3 Å². The second kappa shape index (κ2) is 22.6. The SMILES string of the molecule is CCC(/C=C/C(C)[C@H]1CC[C@H]2[C@@H]3CC=C4C[C@@H](OC(=O)N(CCCCN(CCCNC(=O)OC(C)(C)C)C(=O)O)CCCNC(=O)OC(C)(C)C)CC[C@]4(C)[C@H]3CC[C@]12C)C(C)C. The zero-order chi connectivity index (χ0) is 46.8. The molecule has 63 heavy (non-hydrogen) atoms. The topological polar surface area (TPSA) is 147 Å². The Labute approximate surface area is 381 Å². The fraction of sp³-hybridized carbons (Fsp3) is 0.843. The van der Waals surface area contributed by atoms with Crippen LogP contribution in [0.5, 0.6) is 0 Å². The highest BCUT2D eigenvalue weighted by atomic mass is 16.6. The van der Waals surface area contributed by atoms with Crippen LogP contribution in [0.15, 0.2) is 23.8 Å². The lowest BCUT2D eigenvalue weighted by Gasteiger charge is -2.58. The fourth-order valence-corrected chi connectivity index (χ4v) is 11.9. The van der Waals surface area contributed by atoms with Gasteiger partial charge in [-0.3, -0.25) is 0 Å². The molecule has 12 heteroatoms. The zero-order valence-corrected chi connectivity index (χ0v) is 41.5. The maximum atomic E-state index is 13.9. The summed E-state index contributed by atoms with van der Waals surface area (Å²) in [6.45, 7) is 27.4. The van der Waals surface area contributed by atoms with Gasteiger partial charge in [0.25, 0.3) is 0 Å². The molecule has 9 atom stereocenters. The third kappa shape index (κ3) is 14.8. The zero-order valence-electron chi connectivity index (χ0n) is 41.5. The first-order valence-electron chi connectivity index (χ1n) is 24.7. The smallest absolute Gasteiger partial charge is 0.410 e. The summed E-state index contributed by atoms with van der Waals surface area (Å²) >= 11 is 0. The number of unbranched alkanes of at least 4 members (excludes halogenated alkanes) is 1. The van der Waals surface area contributed by atoms with Crippen LogP contribution in [0.2, 0.25) is 0 Å². The number of carbonyl (C=O) groups is 4. The average Bonchev–Trinajstić information content (AvgIpc) is 3.54. The molecule has 360 valence electrons. The lowest BCUT2D eigenvalue weighted by atomic mass is 9.47. The van der Waals surface area contributed by atoms with E-state index in [4.69, 9.17) is 14.2 Å². The molecule has 4 aliphatic carbocycles. The van der Waals surface area contributed by atoms with Crippen molar-refractivity contribution in [2.24, 2.45) is 52.3 Å². The third-order valence-corrected chi connectivity index (χ3v) is 15.2. The Morgan fingerprint density at radius 3 is 1.92 bits per heavy atom. The molecule has 0 bridgehead atoms. The van der Waals surface area contributed by atoms with Crippen molar-refractivity contribution >= 4 is 24.4 Å². The van der Waals surface area contributed by atoms with Gasteiger partial charge < -0.3 is 39.8 Å². The minimum atomic E-state index is -1.02. The molecule has 4 rings (SSSR count). The Hall–Kier alpha value is -3.44. The maximum Gasteiger partial charge on any atom is 0.410 e. The van der Waals surface area contributed by atoms with Crippen LogP contribution in [0.3, 0.4) is 0 Å². The number of amides is 4. The summed E-state index contributed by atoms with van der Waals surface area (Å²) in [5, 5.41) is 15.3. The molecule has 3 N–H and O–H groups in total. The number of alkyl carbamates (subject to hydrolysis) is 2. The number of ether oxygens (including phenoxy) is 3. The van der Waals surface area contributed by atoms with E-state index in [0.29, 0.717) is 93.4 Å². The molecule has 4 amide bonds. The summed E-state index contributed by atoms with van der Waals surface area (Å²) in [5.41, 5.74) is 0.780. The van der Waals surface area contributed by atoms with E-state index in [1.807, 2.05) is 20.8 Å². The van der Waals surface area contributed by atoms with E-state index in [1.165, 1.54) is 42.6 Å². The molecule has 0 aromatic heterocycles. The van der Waals surface area contributed by atoms with Gasteiger partial charge in [-0.2, -0.15) is 0 Å². The summed E-state index contributed by atoms with van der Waals surface area (Å²) in [6, 6.07) is 0. The summed E-state index contributed by atoms with van der Waals surface area (Å²) in [4.78, 5) is 53.3. The van der Waals surface area contributed by atoms with E-state index < -0.39 is 29.5 Å². The van der Waals surface area contributed by atoms with Gasteiger partial charge in [-0.25, -0.2) is 19.2 Å². The number of carboxylic acid groups (broad SMARTS) is 1. The molecule has 0 spiro atoms. The van der Waals surface area contributed by atoms with E-state index in [-0.39, 0.29) is 24.2 Å². The average molecular weight is 885 g/mol. The molecule has 0 saturated heterocycles. The first kappa shape index (κ1) is 52.2. The molecule has 0 aliphatic heterocycles. The molecule has 3 saturated carbocycles. The minimum Gasteiger partial charge on any atom is -0.465 e. The second-order valence-corrected chi connectivity index (χ2v) is 22.3. The number of allylic oxidation sites excluding steroid dienone is 3. The van der Waals surface area contributed by atoms with Gasteiger partial charge in [0.2, 0.25) is 0 Å². The lowest BCUT2D eigenvalue weighted by Crippen LogP contribution is -2.51. The van der Waals surface area contributed by atoms with Crippen LogP contribution in [0.25, 0.3) is 0 Å². The van der Waals surface area contributed by atoms with Gasteiger partial charge in [0.05, 0.1) is 0 Å². The molecular formula is C51H88N4O8. The number of carbonyl (C=O) groups excluding carboxylic acids is 3. The molecule has 2 unspecified atom stereocenters. The molecule has 0 radical (unpaired) electrons. The van der Waals surface area contributed by atoms with E-state index in [0.717, 1.165) is 37.5 Å². The van der Waals surface area contributed by atoms with Gasteiger partial charge in [0.15, 0.2) is 0 Å². The van der Waals surface area contributed by atoms with Crippen LogP contribution in [0, 0.1) is 52.3 Å². The van der Waals surface area contributed by atoms with Crippen LogP contribution in [-0.4, -0.2) is 95.9 Å². The van der Waals surface area contributed by atoms with Crippen molar-refractivity contribution in [2.75, 3.05) is 39.3 Å². The summed E-state index contributed by atoms with van der Waals surface area (Å²) in [6.07, 6.45) is 17.4. The Morgan fingerprint density at radius 2 is 1.37 bits per heavy atom. The summed E-state index contributed by atoms with van der Waals surface area (Å²) in [5.74, 6) is 4.82. The van der Waals surface area contributed by atoms with Crippen LogP contribution >= 0.6 is 0 Å². The Morgan fingerprint density at radius 1 is 0.794 bits per heavy atom. The highest BCUT2D eigenvalue weighted by Gasteiger charge is 2.59. The van der Waals surface area contributed by atoms with Gasteiger partial charge in [-0.05, 0) is 171 Å². The van der Waals surface area contributed by atoms with Crippen molar-refractivity contribution in [1.82, 2.24) is 20.4 Å². The van der Waals surface area contributed by atoms with Gasteiger partial charge in [0, 0.05) is 45.7 Å². The van der Waals surface area contributed by atoms with Crippen molar-refractivity contribution in [3.63, 3.8) is 0 Å². The Balaban J connectivity index is 1.34. The number of nitrogens with one attached hydrogen (secondary N) is 2. The van der Waals surface area contributed by atoms with Gasteiger partial charge in [-0.1, -0.05) is 65.3 Å². The molecule has 12 nitrogen and oxygen atoms in total. The van der Waals surface area contributed by atoms with Crippen molar-refractivity contribution in [1.29, 1.82) is 0 Å². The van der Waals surface area contributed by atoms with Crippen LogP contribution in [0.4, 0.5) is 19.2 Å². The molecule has 3 fully saturated rings. The highest BCUT2D eigenvalue weighted by Crippen LogP contribution is 2.67. The fourth-order valence-electron chi connectivity index (χ4n) is 11.9. The van der Waals surface area contributed by atoms with E-state index in [1.54, 1.807) is 25.7 Å². The van der Waals surface area contributed by atoms with Gasteiger partial charge in [-0.15, -0.1) is 0 Å². The lowest BCUT2D eigenvalue weighted by molar-refractivity contribution is -0.0563. The quantitative estimate of drug-likeness (QED) is 0.0660. The predicted molar refractivity (Wildman–Crippen MR) is 250 cm³/mol. The third-order valence-electron chi connectivity index (χ3n) is 15.2. The van der Waals surface area contributed by atoms with Crippen LogP contribution < -0.4 is 10.6 Å². The minimum absolute atomic E-state index is 0.136. The molecule has 4 aliphatic rings. The summed E-state index contributed by atoms with van der Waals surface area (Å²) < 4.78 is 17.0. The Kier molecular flexibility index (Phi) is 18.8. The normalized spacial score (nSPS) is 27.9. The number of nitrogens with zero attached hydrogens (tertiary/aromatic N) is 2. The van der Waals surface area contributed by atoms with Crippen LogP contribution in [-0.2, 0) is 14.2 Å². The van der Waals surface area contributed by atoms with Crippen molar-refractivity contribution in [3.05, 3.63) is 23.8 Å². The van der Waals surface area contributed by atoms with E-state index >= 15 is 0 Å². The molecule has 0 heterocycles. The first-order chi connectivity index (χ1) is 29.5. The second-order valence-electron chi connectivity index (χ2n) is 22.3. The van der Waals surface area contributed by atoms with Gasteiger partial charge in [0.1, 0.15) is 17.3 Å². The molecule has 0 aromatic carbocycles. The largest absolute Gasteiger partial charge is 0.465 e. The van der Waals surface area contributed by atoms with Crippen molar-refractivity contribution < 1.29 is 38.5 Å². The highest BCUT2D eigenvalue weighted by molar-refractivity contribution is 5.69. The Bertz CT molecular complexity index is 1580. The van der Waals surface area contributed by atoms with Crippen molar-refractivity contribution in [3.8, 4) is 0 Å². The van der Waals surface area contributed by atoms with Gasteiger partial charge >= 0.3 is 24.4 Å².